The molecule has 4 aromatic carbocycles. The lowest BCUT2D eigenvalue weighted by Crippen LogP contribution is -2.22. The van der Waals surface area contributed by atoms with Crippen LogP contribution in [0.1, 0.15) is 21.5 Å². The lowest BCUT2D eigenvalue weighted by atomic mass is 10.0. The number of benzene rings is 4. The predicted molar refractivity (Wildman–Crippen MR) is 122 cm³/mol. The van der Waals surface area contributed by atoms with Crippen LogP contribution in [0.4, 0.5) is 13.2 Å². The van der Waals surface area contributed by atoms with E-state index in [0.717, 1.165) is 15.9 Å². The van der Waals surface area contributed by atoms with Crippen molar-refractivity contribution in [1.82, 2.24) is 0 Å². The van der Waals surface area contributed by atoms with Gasteiger partial charge in [-0.1, -0.05) is 36.4 Å². The molecule has 1 aliphatic rings. The van der Waals surface area contributed by atoms with E-state index in [2.05, 4.69) is 0 Å². The molecule has 170 valence electrons. The Morgan fingerprint density at radius 1 is 0.618 bits per heavy atom. The number of halogens is 3. The van der Waals surface area contributed by atoms with Gasteiger partial charge in [0.25, 0.3) is 0 Å². The molecule has 0 radical (unpaired) electrons. The lowest BCUT2D eigenvalue weighted by molar-refractivity contribution is -0.137. The van der Waals surface area contributed by atoms with E-state index in [1.807, 2.05) is 60.7 Å². The van der Waals surface area contributed by atoms with Crippen LogP contribution in [0.2, 0.25) is 0 Å². The summed E-state index contributed by atoms with van der Waals surface area (Å²) < 4.78 is 66.2. The number of hydrogen-bond acceptors (Lipinski definition) is 3. The zero-order valence-electron chi connectivity index (χ0n) is 17.4. The Morgan fingerprint density at radius 3 is 1.65 bits per heavy atom. The molecular weight excluding hydrogens is 481 g/mol. The van der Waals surface area contributed by atoms with Crippen LogP contribution in [0.25, 0.3) is 0 Å². The van der Waals surface area contributed by atoms with Crippen LogP contribution in [0.3, 0.4) is 0 Å². The van der Waals surface area contributed by atoms with E-state index in [9.17, 15) is 26.4 Å². The van der Waals surface area contributed by atoms with Gasteiger partial charge < -0.3 is 0 Å². The summed E-state index contributed by atoms with van der Waals surface area (Å²) in [5.41, 5.74) is -1.64. The van der Waals surface area contributed by atoms with Crippen LogP contribution in [-0.4, -0.2) is 14.2 Å². The Morgan fingerprint density at radius 2 is 1.12 bits per heavy atom. The van der Waals surface area contributed by atoms with Crippen LogP contribution in [0.5, 0.6) is 0 Å². The van der Waals surface area contributed by atoms with Crippen molar-refractivity contribution in [3.63, 3.8) is 0 Å². The molecule has 1 heterocycles. The first-order valence-electron chi connectivity index (χ1n) is 10.2. The molecule has 0 bridgehead atoms. The van der Waals surface area contributed by atoms with Crippen molar-refractivity contribution in [1.29, 1.82) is 0 Å². The molecule has 0 aliphatic carbocycles. The molecular formula is C26H16F3O3S2+. The minimum Gasteiger partial charge on any atom is -0.289 e. The minimum atomic E-state index is -4.70. The van der Waals surface area contributed by atoms with Gasteiger partial charge in [0.1, 0.15) is 0 Å². The molecule has 5 rings (SSSR count). The van der Waals surface area contributed by atoms with E-state index in [1.54, 1.807) is 6.07 Å². The zero-order valence-corrected chi connectivity index (χ0v) is 19.0. The standard InChI is InChI=1S/C26H16F3O3S2/c27-26(28,29)17-11-13-23-21(15-17)25(30)22-16-20(12-14-24(22)34(23,31)32)33(18-7-3-1-4-8-18)19-9-5-2-6-10-19/h1-16H/q+1. The highest BCUT2D eigenvalue weighted by atomic mass is 32.2. The van der Waals surface area contributed by atoms with E-state index < -0.39 is 48.7 Å². The summed E-state index contributed by atoms with van der Waals surface area (Å²) in [6.07, 6.45) is -4.70. The van der Waals surface area contributed by atoms with Crippen molar-refractivity contribution in [2.45, 2.75) is 30.7 Å². The Labute approximate surface area is 197 Å². The molecule has 3 nitrogen and oxygen atoms in total. The quantitative estimate of drug-likeness (QED) is 0.280. The Bertz CT molecular complexity index is 1470. The van der Waals surface area contributed by atoms with Gasteiger partial charge >= 0.3 is 6.18 Å². The fourth-order valence-electron chi connectivity index (χ4n) is 3.95. The van der Waals surface area contributed by atoms with Crippen LogP contribution in [-0.2, 0) is 26.9 Å². The second kappa shape index (κ2) is 8.14. The first-order valence-corrected chi connectivity index (χ1v) is 12.9. The summed E-state index contributed by atoms with van der Waals surface area (Å²) in [5, 5.41) is 0. The average molecular weight is 498 g/mol. The number of rotatable bonds is 3. The molecule has 1 aliphatic heterocycles. The van der Waals surface area contributed by atoms with Gasteiger partial charge in [-0.3, -0.25) is 4.79 Å². The largest absolute Gasteiger partial charge is 0.416 e. The van der Waals surface area contributed by atoms with Crippen LogP contribution in [0, 0.1) is 0 Å². The maximum atomic E-state index is 13.3. The van der Waals surface area contributed by atoms with Crippen molar-refractivity contribution < 1.29 is 26.4 Å². The zero-order chi connectivity index (χ0) is 24.1. The minimum absolute atomic E-state index is 0.117. The van der Waals surface area contributed by atoms with Gasteiger partial charge in [0.2, 0.25) is 9.84 Å². The monoisotopic (exact) mass is 497 g/mol. The second-order valence-corrected chi connectivity index (χ2v) is 11.5. The van der Waals surface area contributed by atoms with Crippen molar-refractivity contribution in [3.05, 3.63) is 114 Å². The van der Waals surface area contributed by atoms with E-state index in [1.165, 1.54) is 12.1 Å². The fraction of sp³-hybridized carbons (Fsp3) is 0.0385. The number of carbonyl (C=O) groups excluding carboxylic acids is 1. The van der Waals surface area contributed by atoms with Gasteiger partial charge in [0.15, 0.2) is 20.5 Å². The smallest absolute Gasteiger partial charge is 0.289 e. The maximum absolute atomic E-state index is 13.3. The maximum Gasteiger partial charge on any atom is 0.416 e. The topological polar surface area (TPSA) is 51.2 Å². The molecule has 0 saturated heterocycles. The average Bonchev–Trinajstić information content (AvgIpc) is 2.83. The summed E-state index contributed by atoms with van der Waals surface area (Å²) in [4.78, 5) is 15.3. The van der Waals surface area contributed by atoms with Crippen LogP contribution < -0.4 is 0 Å². The highest BCUT2D eigenvalue weighted by molar-refractivity contribution is 7.97. The molecule has 0 amide bonds. The third-order valence-corrected chi connectivity index (χ3v) is 9.60. The third kappa shape index (κ3) is 3.73. The first-order chi connectivity index (χ1) is 16.2. The van der Waals surface area contributed by atoms with Gasteiger partial charge in [-0.2, -0.15) is 13.2 Å². The third-order valence-electron chi connectivity index (χ3n) is 5.52. The lowest BCUT2D eigenvalue weighted by Gasteiger charge is -2.20. The van der Waals surface area contributed by atoms with Crippen molar-refractivity contribution in [3.8, 4) is 0 Å². The second-order valence-electron chi connectivity index (χ2n) is 7.63. The van der Waals surface area contributed by atoms with Crippen molar-refractivity contribution in [2.24, 2.45) is 0 Å². The molecule has 8 heteroatoms. The van der Waals surface area contributed by atoms with Crippen LogP contribution in [0.15, 0.2) is 122 Å². The van der Waals surface area contributed by atoms with E-state index in [4.69, 9.17) is 0 Å². The van der Waals surface area contributed by atoms with Crippen molar-refractivity contribution in [2.75, 3.05) is 0 Å². The molecule has 0 N–H and O–H groups in total. The summed E-state index contributed by atoms with van der Waals surface area (Å²) in [6, 6.07) is 25.8. The van der Waals surface area contributed by atoms with Crippen molar-refractivity contribution >= 4 is 26.5 Å². The van der Waals surface area contributed by atoms with E-state index >= 15 is 0 Å². The van der Waals surface area contributed by atoms with Gasteiger partial charge in [0.05, 0.1) is 26.2 Å². The molecule has 0 aromatic heterocycles. The summed E-state index contributed by atoms with van der Waals surface area (Å²) >= 11 is 0. The number of fused-ring (bicyclic) bond motifs is 2. The van der Waals surface area contributed by atoms with E-state index in [-0.39, 0.29) is 10.5 Å². The van der Waals surface area contributed by atoms with Gasteiger partial charge in [0, 0.05) is 17.2 Å². The number of sulfone groups is 1. The fourth-order valence-corrected chi connectivity index (χ4v) is 7.68. The summed E-state index contributed by atoms with van der Waals surface area (Å²) in [6.45, 7) is 0. The number of hydrogen-bond donors (Lipinski definition) is 0. The van der Waals surface area contributed by atoms with Gasteiger partial charge in [-0.05, 0) is 54.6 Å². The summed E-state index contributed by atoms with van der Waals surface area (Å²) in [5.74, 6) is -0.738. The predicted octanol–water partition coefficient (Wildman–Crippen LogP) is 6.18. The highest BCUT2D eigenvalue weighted by Crippen LogP contribution is 2.40. The summed E-state index contributed by atoms with van der Waals surface area (Å²) in [7, 11) is -4.81. The van der Waals surface area contributed by atoms with Gasteiger partial charge in [-0.25, -0.2) is 8.42 Å². The normalized spacial score (nSPS) is 14.5. The first kappa shape index (κ1) is 22.4. The number of alkyl halides is 3. The molecule has 0 unspecified atom stereocenters. The Kier molecular flexibility index (Phi) is 5.37. The highest BCUT2D eigenvalue weighted by Gasteiger charge is 2.40. The Balaban J connectivity index is 1.70. The van der Waals surface area contributed by atoms with Crippen LogP contribution >= 0.6 is 0 Å². The molecule has 34 heavy (non-hydrogen) atoms. The molecule has 0 spiro atoms. The van der Waals surface area contributed by atoms with E-state index in [0.29, 0.717) is 17.0 Å². The SMILES string of the molecule is O=C1c2cc([S+](c3ccccc3)c3ccccc3)ccc2S(=O)(=O)c2ccc(C(F)(F)F)cc21. The number of carbonyl (C=O) groups is 1. The molecule has 0 atom stereocenters. The molecule has 0 fully saturated rings. The number of ketones is 1. The molecule has 0 saturated carbocycles. The molecule has 4 aromatic rings. The van der Waals surface area contributed by atoms with Gasteiger partial charge in [-0.15, -0.1) is 0 Å². The Hall–Kier alpha value is -3.36.